The van der Waals surface area contributed by atoms with Gasteiger partial charge in [-0.2, -0.15) is 0 Å². The predicted molar refractivity (Wildman–Crippen MR) is 99.5 cm³/mol. The molecule has 2 fully saturated rings. The van der Waals surface area contributed by atoms with Crippen LogP contribution in [0.1, 0.15) is 43.1 Å². The molecule has 1 saturated heterocycles. The quantitative estimate of drug-likeness (QED) is 0.909. The lowest BCUT2D eigenvalue weighted by Crippen LogP contribution is -2.44. The maximum Gasteiger partial charge on any atom is 0.273 e. The first-order valence-electron chi connectivity index (χ1n) is 9.13. The standard InChI is InChI=1S/C20H24N2O2S/c1-2-20(24)10-6-9-15-11-22(12-16(15)20)19(23)17-13-25-18(21-17)14-7-4-3-5-8-14/h3-5,7-8,13,15-16,24H,2,6,9-12H2,1H3/t15-,16+,20-/m1/s1. The van der Waals surface area contributed by atoms with Gasteiger partial charge in [-0.15, -0.1) is 11.3 Å². The Kier molecular flexibility index (Phi) is 4.38. The summed E-state index contributed by atoms with van der Waals surface area (Å²) in [4.78, 5) is 19.4. The Labute approximate surface area is 152 Å². The van der Waals surface area contributed by atoms with Crippen LogP contribution >= 0.6 is 11.3 Å². The smallest absolute Gasteiger partial charge is 0.273 e. The zero-order valence-electron chi connectivity index (χ0n) is 14.5. The maximum atomic E-state index is 12.9. The van der Waals surface area contributed by atoms with Crippen molar-refractivity contribution in [1.29, 1.82) is 0 Å². The molecule has 0 bridgehead atoms. The van der Waals surface area contributed by atoms with Crippen molar-refractivity contribution in [3.8, 4) is 10.6 Å². The third-order valence-corrected chi connectivity index (χ3v) is 6.85. The summed E-state index contributed by atoms with van der Waals surface area (Å²) in [5, 5.41) is 13.7. The molecule has 3 atom stereocenters. The largest absolute Gasteiger partial charge is 0.390 e. The van der Waals surface area contributed by atoms with E-state index in [1.165, 1.54) is 11.3 Å². The number of hydrogen-bond donors (Lipinski definition) is 1. The highest BCUT2D eigenvalue weighted by molar-refractivity contribution is 7.13. The van der Waals surface area contributed by atoms with Crippen LogP contribution in [0.5, 0.6) is 0 Å². The molecule has 4 nitrogen and oxygen atoms in total. The Morgan fingerprint density at radius 2 is 2.16 bits per heavy atom. The van der Waals surface area contributed by atoms with Crippen LogP contribution in [0, 0.1) is 11.8 Å². The second-order valence-corrected chi connectivity index (χ2v) is 8.19. The number of amides is 1. The average Bonchev–Trinajstić information content (AvgIpc) is 3.30. The number of thiazole rings is 1. The van der Waals surface area contributed by atoms with E-state index in [1.807, 2.05) is 40.6 Å². The molecule has 1 aliphatic heterocycles. The summed E-state index contributed by atoms with van der Waals surface area (Å²) < 4.78 is 0. The fourth-order valence-corrected chi connectivity index (χ4v) is 5.28. The van der Waals surface area contributed by atoms with Crippen LogP contribution in [0.4, 0.5) is 0 Å². The van der Waals surface area contributed by atoms with E-state index < -0.39 is 5.60 Å². The number of aromatic nitrogens is 1. The van der Waals surface area contributed by atoms with Gasteiger partial charge in [0.15, 0.2) is 0 Å². The van der Waals surface area contributed by atoms with E-state index in [0.717, 1.165) is 42.8 Å². The monoisotopic (exact) mass is 356 g/mol. The van der Waals surface area contributed by atoms with E-state index in [9.17, 15) is 9.90 Å². The fourth-order valence-electron chi connectivity index (χ4n) is 4.48. The molecule has 5 heteroatoms. The number of carbonyl (C=O) groups is 1. The number of likely N-dealkylation sites (tertiary alicyclic amines) is 1. The molecule has 1 aromatic heterocycles. The summed E-state index contributed by atoms with van der Waals surface area (Å²) in [5.74, 6) is 0.642. The van der Waals surface area contributed by atoms with Gasteiger partial charge in [-0.3, -0.25) is 4.79 Å². The van der Waals surface area contributed by atoms with E-state index >= 15 is 0 Å². The molecule has 2 aliphatic rings. The van der Waals surface area contributed by atoms with Crippen LogP contribution < -0.4 is 0 Å². The minimum atomic E-state index is -0.602. The first-order valence-corrected chi connectivity index (χ1v) is 10.0. The Hall–Kier alpha value is -1.72. The average molecular weight is 356 g/mol. The molecule has 1 saturated carbocycles. The molecule has 0 unspecified atom stereocenters. The highest BCUT2D eigenvalue weighted by Gasteiger charge is 2.48. The zero-order chi connectivity index (χ0) is 17.4. The summed E-state index contributed by atoms with van der Waals surface area (Å²) in [6.07, 6.45) is 3.80. The molecule has 0 spiro atoms. The summed E-state index contributed by atoms with van der Waals surface area (Å²) in [6, 6.07) is 9.96. The second-order valence-electron chi connectivity index (χ2n) is 7.33. The second kappa shape index (κ2) is 6.54. The van der Waals surface area contributed by atoms with Gasteiger partial charge in [0.25, 0.3) is 5.91 Å². The fraction of sp³-hybridized carbons (Fsp3) is 0.500. The van der Waals surface area contributed by atoms with Gasteiger partial charge in [0, 0.05) is 30.0 Å². The van der Waals surface area contributed by atoms with Crippen molar-refractivity contribution in [2.45, 2.75) is 38.2 Å². The van der Waals surface area contributed by atoms with Crippen LogP contribution in [0.2, 0.25) is 0 Å². The normalized spacial score (nSPS) is 28.8. The molecular formula is C20H24N2O2S. The lowest BCUT2D eigenvalue weighted by atomic mass is 9.69. The van der Waals surface area contributed by atoms with Gasteiger partial charge in [-0.1, -0.05) is 43.7 Å². The van der Waals surface area contributed by atoms with E-state index in [4.69, 9.17) is 0 Å². The van der Waals surface area contributed by atoms with Crippen molar-refractivity contribution in [2.24, 2.45) is 11.8 Å². The van der Waals surface area contributed by atoms with Crippen molar-refractivity contribution < 1.29 is 9.90 Å². The van der Waals surface area contributed by atoms with Gasteiger partial charge >= 0.3 is 0 Å². The Morgan fingerprint density at radius 1 is 1.36 bits per heavy atom. The number of rotatable bonds is 3. The topological polar surface area (TPSA) is 53.4 Å². The molecule has 132 valence electrons. The Balaban J connectivity index is 1.52. The molecular weight excluding hydrogens is 332 g/mol. The third-order valence-electron chi connectivity index (χ3n) is 5.96. The molecule has 2 aromatic rings. The van der Waals surface area contributed by atoms with E-state index in [1.54, 1.807) is 0 Å². The lowest BCUT2D eigenvalue weighted by molar-refractivity contribution is -0.0609. The first kappa shape index (κ1) is 16.7. The number of nitrogens with zero attached hydrogens (tertiary/aromatic N) is 2. The van der Waals surface area contributed by atoms with Gasteiger partial charge < -0.3 is 10.0 Å². The maximum absolute atomic E-state index is 12.9. The predicted octanol–water partition coefficient (Wildman–Crippen LogP) is 3.82. The van der Waals surface area contributed by atoms with Crippen LogP contribution in [-0.2, 0) is 0 Å². The minimum Gasteiger partial charge on any atom is -0.390 e. The van der Waals surface area contributed by atoms with Crippen LogP contribution in [0.15, 0.2) is 35.7 Å². The Morgan fingerprint density at radius 3 is 2.92 bits per heavy atom. The number of aliphatic hydroxyl groups is 1. The summed E-state index contributed by atoms with van der Waals surface area (Å²) in [6.45, 7) is 3.47. The first-order chi connectivity index (χ1) is 12.1. The number of carbonyl (C=O) groups excluding carboxylic acids is 1. The molecule has 1 aromatic carbocycles. The highest BCUT2D eigenvalue weighted by atomic mass is 32.1. The van der Waals surface area contributed by atoms with Crippen LogP contribution in [0.3, 0.4) is 0 Å². The highest BCUT2D eigenvalue weighted by Crippen LogP contribution is 2.44. The van der Waals surface area contributed by atoms with Gasteiger partial charge in [0.05, 0.1) is 5.60 Å². The van der Waals surface area contributed by atoms with Crippen LogP contribution in [0.25, 0.3) is 10.6 Å². The molecule has 0 radical (unpaired) electrons. The minimum absolute atomic E-state index is 0.00582. The molecule has 2 heterocycles. The number of benzene rings is 1. The van der Waals surface area contributed by atoms with Crippen molar-refractivity contribution >= 4 is 17.2 Å². The number of hydrogen-bond acceptors (Lipinski definition) is 4. The van der Waals surface area contributed by atoms with Gasteiger partial charge in [0.1, 0.15) is 10.7 Å². The summed E-state index contributed by atoms with van der Waals surface area (Å²) in [7, 11) is 0. The Bertz CT molecular complexity index is 760. The van der Waals surface area contributed by atoms with Crippen molar-refractivity contribution in [3.63, 3.8) is 0 Å². The SMILES string of the molecule is CC[C@@]1(O)CCC[C@@H]2CN(C(=O)c3csc(-c4ccccc4)n3)C[C@@H]21. The molecule has 1 amide bonds. The lowest BCUT2D eigenvalue weighted by Gasteiger charge is -2.40. The van der Waals surface area contributed by atoms with Crippen molar-refractivity contribution in [3.05, 3.63) is 41.4 Å². The zero-order valence-corrected chi connectivity index (χ0v) is 15.3. The van der Waals surface area contributed by atoms with Crippen molar-refractivity contribution in [2.75, 3.05) is 13.1 Å². The van der Waals surface area contributed by atoms with E-state index in [0.29, 0.717) is 18.2 Å². The van der Waals surface area contributed by atoms with E-state index in [-0.39, 0.29) is 11.8 Å². The van der Waals surface area contributed by atoms with Gasteiger partial charge in [-0.25, -0.2) is 4.98 Å². The van der Waals surface area contributed by atoms with E-state index in [2.05, 4.69) is 11.9 Å². The summed E-state index contributed by atoms with van der Waals surface area (Å²) >= 11 is 1.51. The van der Waals surface area contributed by atoms with Crippen LogP contribution in [-0.4, -0.2) is 39.6 Å². The molecule has 4 rings (SSSR count). The van der Waals surface area contributed by atoms with Gasteiger partial charge in [0.2, 0.25) is 0 Å². The third kappa shape index (κ3) is 3.00. The summed E-state index contributed by atoms with van der Waals surface area (Å²) in [5.41, 5.74) is 0.972. The number of fused-ring (bicyclic) bond motifs is 1. The molecule has 1 aliphatic carbocycles. The molecule has 25 heavy (non-hydrogen) atoms. The van der Waals surface area contributed by atoms with Crippen molar-refractivity contribution in [1.82, 2.24) is 9.88 Å². The molecule has 1 N–H and O–H groups in total. The van der Waals surface area contributed by atoms with Gasteiger partial charge in [-0.05, 0) is 25.2 Å².